The molecule has 3 rings (SSSR count). The van der Waals surface area contributed by atoms with Gasteiger partial charge in [0.2, 0.25) is 21.8 Å². The van der Waals surface area contributed by atoms with Gasteiger partial charge >= 0.3 is 0 Å². The highest BCUT2D eigenvalue weighted by Crippen LogP contribution is 2.23. The molecule has 0 saturated carbocycles. The van der Waals surface area contributed by atoms with E-state index in [1.165, 1.54) is 23.1 Å². The zero-order valence-electron chi connectivity index (χ0n) is 22.8. The Labute approximate surface area is 230 Å². The lowest BCUT2D eigenvalue weighted by Gasteiger charge is -2.34. The summed E-state index contributed by atoms with van der Waals surface area (Å²) in [5.74, 6) is -1.73. The number of hydrogen-bond donors (Lipinski definition) is 1. The van der Waals surface area contributed by atoms with Gasteiger partial charge in [-0.25, -0.2) is 12.8 Å². The second-order valence-corrected chi connectivity index (χ2v) is 11.7. The third-order valence-electron chi connectivity index (χ3n) is 6.55. The molecule has 208 valence electrons. The summed E-state index contributed by atoms with van der Waals surface area (Å²) >= 11 is 0. The van der Waals surface area contributed by atoms with Crippen LogP contribution >= 0.6 is 0 Å². The molecule has 7 nitrogen and oxygen atoms in total. The van der Waals surface area contributed by atoms with Crippen LogP contribution in [-0.2, 0) is 32.6 Å². The summed E-state index contributed by atoms with van der Waals surface area (Å²) in [5.41, 5.74) is 2.43. The van der Waals surface area contributed by atoms with Crippen molar-refractivity contribution in [2.24, 2.45) is 0 Å². The molecule has 0 aliphatic carbocycles. The van der Waals surface area contributed by atoms with Gasteiger partial charge in [0.1, 0.15) is 18.4 Å². The third kappa shape index (κ3) is 8.38. The fourth-order valence-electron chi connectivity index (χ4n) is 4.13. The van der Waals surface area contributed by atoms with E-state index in [2.05, 4.69) is 5.32 Å². The molecule has 0 bridgehead atoms. The van der Waals surface area contributed by atoms with Crippen LogP contribution in [0.4, 0.5) is 10.1 Å². The SMILES string of the molecule is CC[C@@H](C)NC(=O)[C@H](Cc1ccccc1)N(Cc1ccc(C)cc1)C(=O)CN(c1ccccc1F)S(C)(=O)=O. The van der Waals surface area contributed by atoms with Crippen LogP contribution in [0.25, 0.3) is 0 Å². The molecule has 2 atom stereocenters. The van der Waals surface area contributed by atoms with Gasteiger partial charge in [0.05, 0.1) is 11.9 Å². The topological polar surface area (TPSA) is 86.8 Å². The first kappa shape index (κ1) is 29.8. The summed E-state index contributed by atoms with van der Waals surface area (Å²) in [6.07, 6.45) is 1.85. The lowest BCUT2D eigenvalue weighted by molar-refractivity contribution is -0.140. The van der Waals surface area contributed by atoms with Gasteiger partial charge in [-0.15, -0.1) is 0 Å². The summed E-state index contributed by atoms with van der Waals surface area (Å²) in [4.78, 5) is 29.0. The molecular formula is C30H36FN3O4S. The van der Waals surface area contributed by atoms with E-state index in [9.17, 15) is 22.4 Å². The van der Waals surface area contributed by atoms with Crippen LogP contribution in [0.1, 0.15) is 37.0 Å². The number of anilines is 1. The average molecular weight is 554 g/mol. The Kier molecular flexibility index (Phi) is 10.2. The first-order chi connectivity index (χ1) is 18.5. The maximum atomic E-state index is 14.7. The molecule has 1 N–H and O–H groups in total. The van der Waals surface area contributed by atoms with E-state index in [1.807, 2.05) is 75.4 Å². The van der Waals surface area contributed by atoms with Gasteiger partial charge in [0, 0.05) is 19.0 Å². The molecule has 0 spiro atoms. The van der Waals surface area contributed by atoms with E-state index in [4.69, 9.17) is 0 Å². The second-order valence-electron chi connectivity index (χ2n) is 9.75. The molecule has 0 aliphatic rings. The Balaban J connectivity index is 2.06. The predicted molar refractivity (Wildman–Crippen MR) is 152 cm³/mol. The number of rotatable bonds is 12. The first-order valence-corrected chi connectivity index (χ1v) is 14.8. The third-order valence-corrected chi connectivity index (χ3v) is 7.67. The molecule has 0 fully saturated rings. The highest BCUT2D eigenvalue weighted by atomic mass is 32.2. The number of nitrogens with zero attached hydrogens (tertiary/aromatic N) is 2. The lowest BCUT2D eigenvalue weighted by atomic mass is 10.0. The molecule has 0 heterocycles. The Morgan fingerprint density at radius 2 is 1.54 bits per heavy atom. The summed E-state index contributed by atoms with van der Waals surface area (Å²) in [6, 6.07) is 21.2. The molecule has 3 aromatic carbocycles. The minimum absolute atomic E-state index is 0.0689. The van der Waals surface area contributed by atoms with Gasteiger partial charge in [-0.3, -0.25) is 13.9 Å². The second kappa shape index (κ2) is 13.4. The molecule has 0 aromatic heterocycles. The number of amides is 2. The largest absolute Gasteiger partial charge is 0.352 e. The van der Waals surface area contributed by atoms with Crippen LogP contribution in [0.3, 0.4) is 0 Å². The summed E-state index contributed by atoms with van der Waals surface area (Å²) in [6.45, 7) is 5.19. The maximum absolute atomic E-state index is 14.7. The predicted octanol–water partition coefficient (Wildman–Crippen LogP) is 4.45. The number of nitrogens with one attached hydrogen (secondary N) is 1. The van der Waals surface area contributed by atoms with E-state index >= 15 is 0 Å². The highest BCUT2D eigenvalue weighted by Gasteiger charge is 2.34. The van der Waals surface area contributed by atoms with Crippen molar-refractivity contribution in [2.75, 3.05) is 17.1 Å². The normalized spacial score (nSPS) is 12.8. The standard InChI is InChI=1S/C30H36FN3O4S/c1-5-23(3)32-30(36)28(19-24-11-7-6-8-12-24)33(20-25-17-15-22(2)16-18-25)29(35)21-34(39(4,37)38)27-14-10-9-13-26(27)31/h6-18,23,28H,5,19-21H2,1-4H3,(H,32,36)/t23-,28+/m1/s1. The Hall–Kier alpha value is -3.72. The monoisotopic (exact) mass is 553 g/mol. The van der Waals surface area contributed by atoms with E-state index in [1.54, 1.807) is 0 Å². The van der Waals surface area contributed by atoms with Gasteiger partial charge in [-0.1, -0.05) is 79.2 Å². The molecule has 9 heteroatoms. The molecule has 0 aliphatic heterocycles. The fourth-order valence-corrected chi connectivity index (χ4v) is 4.98. The van der Waals surface area contributed by atoms with Gasteiger partial charge < -0.3 is 10.2 Å². The molecular weight excluding hydrogens is 517 g/mol. The quantitative estimate of drug-likeness (QED) is 0.359. The molecule has 0 radical (unpaired) electrons. The molecule has 3 aromatic rings. The first-order valence-electron chi connectivity index (χ1n) is 12.9. The van der Waals surface area contributed by atoms with Gasteiger partial charge in [-0.05, 0) is 43.5 Å². The molecule has 39 heavy (non-hydrogen) atoms. The zero-order chi connectivity index (χ0) is 28.6. The summed E-state index contributed by atoms with van der Waals surface area (Å²) in [5, 5.41) is 2.98. The Bertz CT molecular complexity index is 1360. The number of para-hydroxylation sites is 1. The average Bonchev–Trinajstić information content (AvgIpc) is 2.90. The maximum Gasteiger partial charge on any atom is 0.244 e. The lowest BCUT2D eigenvalue weighted by Crippen LogP contribution is -2.54. The number of carbonyl (C=O) groups is 2. The molecule has 0 unspecified atom stereocenters. The summed E-state index contributed by atoms with van der Waals surface area (Å²) in [7, 11) is -4.03. The summed E-state index contributed by atoms with van der Waals surface area (Å²) < 4.78 is 40.9. The van der Waals surface area contributed by atoms with E-state index in [0.29, 0.717) is 6.42 Å². The number of aryl methyl sites for hydroxylation is 1. The number of hydrogen-bond acceptors (Lipinski definition) is 4. The van der Waals surface area contributed by atoms with Gasteiger partial charge in [-0.2, -0.15) is 0 Å². The van der Waals surface area contributed by atoms with Crippen molar-refractivity contribution in [3.63, 3.8) is 0 Å². The van der Waals surface area contributed by atoms with E-state index < -0.39 is 34.3 Å². The van der Waals surface area contributed by atoms with E-state index in [-0.39, 0.29) is 30.6 Å². The van der Waals surface area contributed by atoms with Crippen LogP contribution < -0.4 is 9.62 Å². The number of halogens is 1. The van der Waals surface area contributed by atoms with Crippen LogP contribution in [0.15, 0.2) is 78.9 Å². The van der Waals surface area contributed by atoms with Crippen LogP contribution in [0.2, 0.25) is 0 Å². The number of benzene rings is 3. The van der Waals surface area contributed by atoms with Crippen LogP contribution in [-0.4, -0.2) is 50.0 Å². The number of carbonyl (C=O) groups excluding carboxylic acids is 2. The minimum atomic E-state index is -4.03. The van der Waals surface area contributed by atoms with Gasteiger partial charge in [0.25, 0.3) is 0 Å². The smallest absolute Gasteiger partial charge is 0.244 e. The van der Waals surface area contributed by atoms with Crippen LogP contribution in [0, 0.1) is 12.7 Å². The van der Waals surface area contributed by atoms with Crippen molar-refractivity contribution in [1.82, 2.24) is 10.2 Å². The van der Waals surface area contributed by atoms with E-state index in [0.717, 1.165) is 33.3 Å². The van der Waals surface area contributed by atoms with Crippen molar-refractivity contribution < 1.29 is 22.4 Å². The highest BCUT2D eigenvalue weighted by molar-refractivity contribution is 7.92. The minimum Gasteiger partial charge on any atom is -0.352 e. The fraction of sp³-hybridized carbons (Fsp3) is 0.333. The molecule has 0 saturated heterocycles. The number of sulfonamides is 1. The van der Waals surface area contributed by atoms with Crippen molar-refractivity contribution in [3.05, 3.63) is 101 Å². The Morgan fingerprint density at radius 3 is 2.13 bits per heavy atom. The van der Waals surface area contributed by atoms with Crippen molar-refractivity contribution in [3.8, 4) is 0 Å². The molecule has 2 amide bonds. The van der Waals surface area contributed by atoms with Crippen LogP contribution in [0.5, 0.6) is 0 Å². The van der Waals surface area contributed by atoms with Crippen molar-refractivity contribution >= 4 is 27.5 Å². The van der Waals surface area contributed by atoms with Gasteiger partial charge in [0.15, 0.2) is 0 Å². The van der Waals surface area contributed by atoms with Crippen molar-refractivity contribution in [2.45, 2.75) is 52.2 Å². The van der Waals surface area contributed by atoms with Crippen molar-refractivity contribution in [1.29, 1.82) is 0 Å². The Morgan fingerprint density at radius 1 is 0.923 bits per heavy atom. The zero-order valence-corrected chi connectivity index (χ0v) is 23.6.